The fraction of sp³-hybridized carbons (Fsp3) is 0.800. The van der Waals surface area contributed by atoms with Crippen LogP contribution in [0.2, 0.25) is 0 Å². The molecule has 0 N–H and O–H groups in total. The summed E-state index contributed by atoms with van der Waals surface area (Å²) in [6.07, 6.45) is 3.98. The third kappa shape index (κ3) is 3.54. The van der Waals surface area contributed by atoms with Crippen LogP contribution < -0.4 is 0 Å². The number of hydrogen-bond acceptors (Lipinski definition) is 5. The molecule has 0 aromatic carbocycles. The van der Waals surface area contributed by atoms with Crippen LogP contribution in [-0.2, 0) is 4.74 Å². The van der Waals surface area contributed by atoms with E-state index in [0.29, 0.717) is 18.4 Å². The van der Waals surface area contributed by atoms with Crippen molar-refractivity contribution in [1.29, 1.82) is 0 Å². The molecule has 1 saturated carbocycles. The van der Waals surface area contributed by atoms with Gasteiger partial charge in [0.05, 0.1) is 5.92 Å². The lowest BCUT2D eigenvalue weighted by atomic mass is 9.98. The topological polar surface area (TPSA) is 68.5 Å². The number of rotatable bonds is 2. The van der Waals surface area contributed by atoms with E-state index in [1.54, 1.807) is 4.90 Å². The Morgan fingerprint density at radius 1 is 1.29 bits per heavy atom. The predicted octanol–water partition coefficient (Wildman–Crippen LogP) is 3.06. The van der Waals surface area contributed by atoms with E-state index in [4.69, 9.17) is 9.26 Å². The van der Waals surface area contributed by atoms with Crippen LogP contribution in [0.1, 0.15) is 70.0 Å². The molecule has 2 aliphatic rings. The minimum atomic E-state index is -0.465. The highest BCUT2D eigenvalue weighted by molar-refractivity contribution is 5.68. The molecule has 116 valence electrons. The number of amides is 1. The number of likely N-dealkylation sites (tertiary alicyclic amines) is 1. The first-order valence-electron chi connectivity index (χ1n) is 7.74. The average Bonchev–Trinajstić information content (AvgIpc) is 3.15. The fourth-order valence-corrected chi connectivity index (χ4v) is 2.59. The molecule has 3 rings (SSSR count). The first-order valence-corrected chi connectivity index (χ1v) is 7.74. The highest BCUT2D eigenvalue weighted by atomic mass is 16.6. The summed E-state index contributed by atoms with van der Waals surface area (Å²) in [4.78, 5) is 18.4. The molecule has 1 aromatic rings. The van der Waals surface area contributed by atoms with E-state index in [1.165, 1.54) is 0 Å². The molecule has 0 radical (unpaired) electrons. The summed E-state index contributed by atoms with van der Waals surface area (Å²) >= 11 is 0. The molecular formula is C15H23N3O3. The number of piperidine rings is 1. The van der Waals surface area contributed by atoms with Gasteiger partial charge in [0.15, 0.2) is 5.82 Å². The van der Waals surface area contributed by atoms with Crippen molar-refractivity contribution in [2.24, 2.45) is 0 Å². The van der Waals surface area contributed by atoms with Gasteiger partial charge in [-0.1, -0.05) is 5.16 Å². The second-order valence-corrected chi connectivity index (χ2v) is 7.03. The summed E-state index contributed by atoms with van der Waals surface area (Å²) in [5.74, 6) is 2.13. The third-order valence-corrected chi connectivity index (χ3v) is 3.82. The van der Waals surface area contributed by atoms with Gasteiger partial charge in [0.25, 0.3) is 0 Å². The predicted molar refractivity (Wildman–Crippen MR) is 76.1 cm³/mol. The maximum absolute atomic E-state index is 12.2. The lowest BCUT2D eigenvalue weighted by molar-refractivity contribution is 0.0189. The van der Waals surface area contributed by atoms with Crippen LogP contribution >= 0.6 is 0 Å². The van der Waals surface area contributed by atoms with E-state index >= 15 is 0 Å². The first-order chi connectivity index (χ1) is 9.92. The molecule has 6 nitrogen and oxygen atoms in total. The molecule has 1 aliphatic carbocycles. The number of hydrogen-bond donors (Lipinski definition) is 0. The zero-order valence-electron chi connectivity index (χ0n) is 13.0. The summed E-state index contributed by atoms with van der Waals surface area (Å²) < 4.78 is 10.8. The van der Waals surface area contributed by atoms with Gasteiger partial charge in [-0.15, -0.1) is 0 Å². The van der Waals surface area contributed by atoms with Gasteiger partial charge in [-0.3, -0.25) is 0 Å². The van der Waals surface area contributed by atoms with Gasteiger partial charge in [-0.05, 0) is 46.5 Å². The van der Waals surface area contributed by atoms with Crippen LogP contribution in [0.3, 0.4) is 0 Å². The number of carbonyl (C=O) groups is 1. The molecule has 1 saturated heterocycles. The van der Waals surface area contributed by atoms with Gasteiger partial charge >= 0.3 is 6.09 Å². The van der Waals surface area contributed by atoms with Crippen molar-refractivity contribution in [3.05, 3.63) is 11.7 Å². The lowest BCUT2D eigenvalue weighted by Gasteiger charge is -2.32. The summed E-state index contributed by atoms with van der Waals surface area (Å²) in [5, 5.41) is 4.06. The number of carbonyl (C=O) groups excluding carboxylic acids is 1. The molecule has 1 aromatic heterocycles. The molecule has 6 heteroatoms. The van der Waals surface area contributed by atoms with Crippen LogP contribution in [-0.4, -0.2) is 39.8 Å². The molecule has 21 heavy (non-hydrogen) atoms. The molecule has 1 amide bonds. The number of aromatic nitrogens is 2. The molecule has 1 aliphatic heterocycles. The normalized spacial score (nSPS) is 23.2. The number of nitrogens with zero attached hydrogens (tertiary/aromatic N) is 3. The summed E-state index contributed by atoms with van der Waals surface area (Å²) in [7, 11) is 0. The highest BCUT2D eigenvalue weighted by Crippen LogP contribution is 2.39. The Morgan fingerprint density at radius 2 is 2.05 bits per heavy atom. The first kappa shape index (κ1) is 14.4. The van der Waals surface area contributed by atoms with Crippen LogP contribution in [0.25, 0.3) is 0 Å². The van der Waals surface area contributed by atoms with Gasteiger partial charge in [0.2, 0.25) is 5.89 Å². The van der Waals surface area contributed by atoms with E-state index in [9.17, 15) is 4.79 Å². The standard InChI is InChI=1S/C15H23N3O3/c1-15(2,3)20-14(19)18-8-4-5-11(9-18)13-16-12(17-21-13)10-6-7-10/h10-11H,4-9H2,1-3H3/t11-/m1/s1. The van der Waals surface area contributed by atoms with Gasteiger partial charge in [-0.2, -0.15) is 4.98 Å². The van der Waals surface area contributed by atoms with Gasteiger partial charge in [0, 0.05) is 19.0 Å². The Morgan fingerprint density at radius 3 is 2.71 bits per heavy atom. The molecular weight excluding hydrogens is 270 g/mol. The minimum absolute atomic E-state index is 0.131. The quantitative estimate of drug-likeness (QED) is 0.838. The monoisotopic (exact) mass is 293 g/mol. The molecule has 0 spiro atoms. The summed E-state index contributed by atoms with van der Waals surface area (Å²) in [6, 6.07) is 0. The SMILES string of the molecule is CC(C)(C)OC(=O)N1CCC[C@@H](c2nc(C3CC3)no2)C1. The smallest absolute Gasteiger partial charge is 0.410 e. The maximum atomic E-state index is 12.2. The van der Waals surface area contributed by atoms with Crippen molar-refractivity contribution >= 4 is 6.09 Å². The van der Waals surface area contributed by atoms with Crippen LogP contribution in [0, 0.1) is 0 Å². The van der Waals surface area contributed by atoms with E-state index in [2.05, 4.69) is 10.1 Å². The Hall–Kier alpha value is -1.59. The largest absolute Gasteiger partial charge is 0.444 e. The van der Waals surface area contributed by atoms with Crippen molar-refractivity contribution in [1.82, 2.24) is 15.0 Å². The van der Waals surface area contributed by atoms with E-state index in [1.807, 2.05) is 20.8 Å². The van der Waals surface area contributed by atoms with Crippen molar-refractivity contribution in [2.75, 3.05) is 13.1 Å². The van der Waals surface area contributed by atoms with E-state index < -0.39 is 5.60 Å². The average molecular weight is 293 g/mol. The second-order valence-electron chi connectivity index (χ2n) is 7.03. The van der Waals surface area contributed by atoms with E-state index in [-0.39, 0.29) is 12.0 Å². The zero-order chi connectivity index (χ0) is 15.0. The number of ether oxygens (including phenoxy) is 1. The molecule has 2 fully saturated rings. The van der Waals surface area contributed by atoms with Crippen LogP contribution in [0.15, 0.2) is 4.52 Å². The zero-order valence-corrected chi connectivity index (χ0v) is 13.0. The third-order valence-electron chi connectivity index (χ3n) is 3.82. The lowest BCUT2D eigenvalue weighted by Crippen LogP contribution is -2.42. The van der Waals surface area contributed by atoms with Crippen molar-refractivity contribution in [3.8, 4) is 0 Å². The summed E-state index contributed by atoms with van der Waals surface area (Å²) in [5.41, 5.74) is -0.465. The highest BCUT2D eigenvalue weighted by Gasteiger charge is 2.33. The Kier molecular flexibility index (Phi) is 3.63. The van der Waals surface area contributed by atoms with Gasteiger partial charge < -0.3 is 14.2 Å². The van der Waals surface area contributed by atoms with E-state index in [0.717, 1.165) is 38.1 Å². The molecule has 2 heterocycles. The van der Waals surface area contributed by atoms with Crippen molar-refractivity contribution < 1.29 is 14.1 Å². The maximum Gasteiger partial charge on any atom is 0.410 e. The van der Waals surface area contributed by atoms with Crippen molar-refractivity contribution in [2.45, 2.75) is 63.9 Å². The van der Waals surface area contributed by atoms with Gasteiger partial charge in [0.1, 0.15) is 5.60 Å². The Labute approximate surface area is 124 Å². The van der Waals surface area contributed by atoms with Crippen molar-refractivity contribution in [3.63, 3.8) is 0 Å². The molecule has 0 bridgehead atoms. The van der Waals surface area contributed by atoms with Crippen LogP contribution in [0.4, 0.5) is 4.79 Å². The second kappa shape index (κ2) is 5.31. The Bertz CT molecular complexity index is 516. The Balaban J connectivity index is 1.63. The van der Waals surface area contributed by atoms with Crippen LogP contribution in [0.5, 0.6) is 0 Å². The van der Waals surface area contributed by atoms with Gasteiger partial charge in [-0.25, -0.2) is 4.79 Å². The molecule has 0 unspecified atom stereocenters. The minimum Gasteiger partial charge on any atom is -0.444 e. The summed E-state index contributed by atoms with van der Waals surface area (Å²) in [6.45, 7) is 6.97. The fourth-order valence-electron chi connectivity index (χ4n) is 2.59. The molecule has 1 atom stereocenters.